The van der Waals surface area contributed by atoms with Crippen molar-refractivity contribution in [3.05, 3.63) is 21.8 Å². The highest BCUT2D eigenvalue weighted by Gasteiger charge is 2.25. The number of anilines is 2. The molecule has 0 aliphatic heterocycles. The van der Waals surface area contributed by atoms with Crippen LogP contribution in [0.2, 0.25) is 0 Å². The van der Waals surface area contributed by atoms with Gasteiger partial charge in [-0.05, 0) is 66.5 Å². The molecule has 1 saturated carbocycles. The second-order valence-electron chi connectivity index (χ2n) is 4.56. The van der Waals surface area contributed by atoms with Gasteiger partial charge in [0.05, 0.1) is 11.4 Å². The zero-order chi connectivity index (χ0) is 12.3. The minimum Gasteiger partial charge on any atom is -0.397 e. The van der Waals surface area contributed by atoms with Gasteiger partial charge >= 0.3 is 0 Å². The fraction of sp³-hybridized carbons (Fsp3) is 0.538. The fourth-order valence-electron chi connectivity index (χ4n) is 2.23. The van der Waals surface area contributed by atoms with E-state index < -0.39 is 0 Å². The number of rotatable bonds is 5. The molecule has 0 radical (unpaired) electrons. The van der Waals surface area contributed by atoms with Gasteiger partial charge in [-0.25, -0.2) is 0 Å². The lowest BCUT2D eigenvalue weighted by molar-refractivity contribution is 0.283. The van der Waals surface area contributed by atoms with E-state index in [4.69, 9.17) is 10.8 Å². The predicted molar refractivity (Wildman–Crippen MR) is 80.3 cm³/mol. The first-order chi connectivity index (χ1) is 8.22. The van der Waals surface area contributed by atoms with Gasteiger partial charge in [-0.3, -0.25) is 0 Å². The van der Waals surface area contributed by atoms with Gasteiger partial charge in [0.2, 0.25) is 0 Å². The Kier molecular flexibility index (Phi) is 4.50. The first-order valence-electron chi connectivity index (χ1n) is 6.15. The van der Waals surface area contributed by atoms with Crippen LogP contribution in [0.4, 0.5) is 11.4 Å². The van der Waals surface area contributed by atoms with Crippen LogP contribution in [0.25, 0.3) is 0 Å². The van der Waals surface area contributed by atoms with Gasteiger partial charge in [-0.15, -0.1) is 0 Å². The molecule has 1 fully saturated rings. The molecule has 0 saturated heterocycles. The molecule has 0 unspecified atom stereocenters. The summed E-state index contributed by atoms with van der Waals surface area (Å²) in [5.41, 5.74) is 8.08. The van der Waals surface area contributed by atoms with E-state index in [-0.39, 0.29) is 6.61 Å². The Morgan fingerprint density at radius 1 is 1.41 bits per heavy atom. The van der Waals surface area contributed by atoms with Gasteiger partial charge in [0.25, 0.3) is 0 Å². The Hall–Kier alpha value is -0.490. The first kappa shape index (κ1) is 13.0. The number of nitrogens with zero attached hydrogens (tertiary/aromatic N) is 1. The molecular formula is C13H19IN2O. The number of benzene rings is 1. The van der Waals surface area contributed by atoms with Crippen LogP contribution in [-0.4, -0.2) is 24.3 Å². The highest BCUT2D eigenvalue weighted by Crippen LogP contribution is 2.33. The summed E-state index contributed by atoms with van der Waals surface area (Å²) in [5.74, 6) is 0. The molecule has 0 bridgehead atoms. The third kappa shape index (κ3) is 3.04. The van der Waals surface area contributed by atoms with Crippen LogP contribution in [0.1, 0.15) is 25.7 Å². The molecule has 4 heteroatoms. The molecule has 1 aromatic rings. The Morgan fingerprint density at radius 3 is 2.71 bits per heavy atom. The van der Waals surface area contributed by atoms with Crippen molar-refractivity contribution >= 4 is 34.0 Å². The summed E-state index contributed by atoms with van der Waals surface area (Å²) in [4.78, 5) is 2.37. The Labute approximate surface area is 116 Å². The van der Waals surface area contributed by atoms with Gasteiger partial charge in [-0.2, -0.15) is 0 Å². The van der Waals surface area contributed by atoms with E-state index in [1.54, 1.807) is 0 Å². The lowest BCUT2D eigenvalue weighted by Gasteiger charge is -2.40. The topological polar surface area (TPSA) is 49.5 Å². The van der Waals surface area contributed by atoms with Crippen molar-refractivity contribution in [1.29, 1.82) is 0 Å². The van der Waals surface area contributed by atoms with Crippen molar-refractivity contribution in [3.8, 4) is 0 Å². The van der Waals surface area contributed by atoms with E-state index >= 15 is 0 Å². The van der Waals surface area contributed by atoms with Gasteiger partial charge in [0.1, 0.15) is 0 Å². The lowest BCUT2D eigenvalue weighted by atomic mass is 9.90. The third-order valence-electron chi connectivity index (χ3n) is 3.37. The maximum absolute atomic E-state index is 8.99. The molecule has 0 amide bonds. The quantitative estimate of drug-likeness (QED) is 0.637. The van der Waals surface area contributed by atoms with Crippen molar-refractivity contribution < 1.29 is 5.11 Å². The SMILES string of the molecule is Nc1cc(I)ccc1N(CCCO)C1CCC1. The predicted octanol–water partition coefficient (Wildman–Crippen LogP) is 2.61. The standard InChI is InChI=1S/C13H19IN2O/c14-10-5-6-13(12(15)9-10)16(7-2-8-17)11-3-1-4-11/h5-6,9,11,17H,1-4,7-8,15H2. The summed E-state index contributed by atoms with van der Waals surface area (Å²) >= 11 is 2.28. The van der Waals surface area contributed by atoms with Crippen LogP contribution in [0, 0.1) is 3.57 Å². The van der Waals surface area contributed by atoms with Crippen molar-refractivity contribution in [3.63, 3.8) is 0 Å². The minimum atomic E-state index is 0.244. The van der Waals surface area contributed by atoms with E-state index in [2.05, 4.69) is 39.6 Å². The molecule has 94 valence electrons. The van der Waals surface area contributed by atoms with Crippen molar-refractivity contribution in [2.45, 2.75) is 31.7 Å². The lowest BCUT2D eigenvalue weighted by Crippen LogP contribution is -2.41. The van der Waals surface area contributed by atoms with Crippen LogP contribution in [0.3, 0.4) is 0 Å². The summed E-state index contributed by atoms with van der Waals surface area (Å²) in [6.07, 6.45) is 4.61. The average molecular weight is 346 g/mol. The maximum atomic E-state index is 8.99. The number of hydrogen-bond acceptors (Lipinski definition) is 3. The number of aliphatic hydroxyl groups excluding tert-OH is 1. The number of aliphatic hydroxyl groups is 1. The smallest absolute Gasteiger partial charge is 0.0603 e. The van der Waals surface area contributed by atoms with Crippen LogP contribution in [-0.2, 0) is 0 Å². The molecule has 17 heavy (non-hydrogen) atoms. The molecule has 0 spiro atoms. The maximum Gasteiger partial charge on any atom is 0.0603 e. The van der Waals surface area contributed by atoms with Crippen molar-refractivity contribution in [2.24, 2.45) is 0 Å². The molecule has 1 aliphatic carbocycles. The highest BCUT2D eigenvalue weighted by molar-refractivity contribution is 14.1. The number of nitrogen functional groups attached to an aromatic ring is 1. The van der Waals surface area contributed by atoms with Crippen LogP contribution in [0.5, 0.6) is 0 Å². The van der Waals surface area contributed by atoms with Crippen LogP contribution >= 0.6 is 22.6 Å². The summed E-state index contributed by atoms with van der Waals surface area (Å²) in [6.45, 7) is 1.14. The molecule has 1 aromatic carbocycles. The second-order valence-corrected chi connectivity index (χ2v) is 5.80. The zero-order valence-electron chi connectivity index (χ0n) is 9.90. The molecular weight excluding hydrogens is 327 g/mol. The normalized spacial score (nSPS) is 15.6. The third-order valence-corrected chi connectivity index (χ3v) is 4.04. The van der Waals surface area contributed by atoms with E-state index in [9.17, 15) is 0 Å². The Bertz CT molecular complexity index is 380. The summed E-state index contributed by atoms with van der Waals surface area (Å²) < 4.78 is 1.17. The van der Waals surface area contributed by atoms with Crippen LogP contribution < -0.4 is 10.6 Å². The molecule has 3 nitrogen and oxygen atoms in total. The first-order valence-corrected chi connectivity index (χ1v) is 7.23. The molecule has 3 N–H and O–H groups in total. The van der Waals surface area contributed by atoms with Crippen molar-refractivity contribution in [1.82, 2.24) is 0 Å². The monoisotopic (exact) mass is 346 g/mol. The van der Waals surface area contributed by atoms with Gasteiger partial charge in [0, 0.05) is 22.8 Å². The van der Waals surface area contributed by atoms with Crippen molar-refractivity contribution in [2.75, 3.05) is 23.8 Å². The number of halogens is 1. The van der Waals surface area contributed by atoms with Gasteiger partial charge in [-0.1, -0.05) is 0 Å². The summed E-state index contributed by atoms with van der Waals surface area (Å²) in [5, 5.41) is 8.99. The van der Waals surface area contributed by atoms with Gasteiger partial charge < -0.3 is 15.7 Å². The Morgan fingerprint density at radius 2 is 2.18 bits per heavy atom. The Balaban J connectivity index is 2.17. The fourth-order valence-corrected chi connectivity index (χ4v) is 2.74. The average Bonchev–Trinajstić information content (AvgIpc) is 2.22. The summed E-state index contributed by atoms with van der Waals surface area (Å²) in [6, 6.07) is 6.83. The largest absolute Gasteiger partial charge is 0.397 e. The van der Waals surface area contributed by atoms with E-state index in [1.165, 1.54) is 22.8 Å². The van der Waals surface area contributed by atoms with Crippen LogP contribution in [0.15, 0.2) is 18.2 Å². The molecule has 2 rings (SSSR count). The highest BCUT2D eigenvalue weighted by atomic mass is 127. The zero-order valence-corrected chi connectivity index (χ0v) is 12.1. The molecule has 0 heterocycles. The number of hydrogen-bond donors (Lipinski definition) is 2. The second kappa shape index (κ2) is 5.91. The van der Waals surface area contributed by atoms with E-state index in [0.717, 1.165) is 24.3 Å². The molecule has 0 atom stereocenters. The van der Waals surface area contributed by atoms with E-state index in [0.29, 0.717) is 6.04 Å². The van der Waals surface area contributed by atoms with Gasteiger partial charge in [0.15, 0.2) is 0 Å². The van der Waals surface area contributed by atoms with E-state index in [1.807, 2.05) is 6.07 Å². The summed E-state index contributed by atoms with van der Waals surface area (Å²) in [7, 11) is 0. The molecule has 1 aliphatic rings. The minimum absolute atomic E-state index is 0.244. The number of nitrogens with two attached hydrogens (primary N) is 1. The molecule has 0 aromatic heterocycles.